The van der Waals surface area contributed by atoms with E-state index in [1.54, 1.807) is 6.20 Å². The molecule has 0 aromatic carbocycles. The third-order valence-electron chi connectivity index (χ3n) is 3.39. The van der Waals surface area contributed by atoms with Crippen LogP contribution in [0.15, 0.2) is 12.4 Å². The molecule has 0 radical (unpaired) electrons. The zero-order valence-electron chi connectivity index (χ0n) is 10.2. The van der Waals surface area contributed by atoms with Crippen LogP contribution >= 0.6 is 0 Å². The van der Waals surface area contributed by atoms with E-state index in [9.17, 15) is 9.90 Å². The maximum Gasteiger partial charge on any atom is 0.320 e. The van der Waals surface area contributed by atoms with E-state index in [4.69, 9.17) is 0 Å². The second kappa shape index (κ2) is 5.31. The van der Waals surface area contributed by atoms with E-state index >= 15 is 0 Å². The molecule has 94 valence electrons. The lowest BCUT2D eigenvalue weighted by molar-refractivity contribution is -0.144. The molecule has 1 aliphatic heterocycles. The van der Waals surface area contributed by atoms with Crippen LogP contribution in [0.3, 0.4) is 0 Å². The number of likely N-dealkylation sites (tertiary alicyclic amines) is 1. The van der Waals surface area contributed by atoms with Gasteiger partial charge in [0.05, 0.1) is 6.54 Å². The Kier molecular flexibility index (Phi) is 3.78. The quantitative estimate of drug-likeness (QED) is 0.858. The molecule has 5 heteroatoms. The molecule has 0 bridgehead atoms. The number of rotatable bonds is 4. The van der Waals surface area contributed by atoms with Crippen LogP contribution < -0.4 is 0 Å². The van der Waals surface area contributed by atoms with E-state index in [0.29, 0.717) is 6.54 Å². The zero-order chi connectivity index (χ0) is 12.3. The highest BCUT2D eigenvalue weighted by molar-refractivity contribution is 5.73. The van der Waals surface area contributed by atoms with Gasteiger partial charge in [-0.05, 0) is 26.3 Å². The third-order valence-corrected chi connectivity index (χ3v) is 3.39. The monoisotopic (exact) mass is 237 g/mol. The first-order valence-electron chi connectivity index (χ1n) is 6.19. The van der Waals surface area contributed by atoms with Gasteiger partial charge in [0.15, 0.2) is 0 Å². The van der Waals surface area contributed by atoms with Crippen molar-refractivity contribution in [1.82, 2.24) is 14.5 Å². The van der Waals surface area contributed by atoms with Crippen molar-refractivity contribution in [2.75, 3.05) is 6.54 Å². The molecular formula is C12H19N3O2. The molecular weight excluding hydrogens is 218 g/mol. The molecule has 0 amide bonds. The minimum Gasteiger partial charge on any atom is -0.480 e. The molecule has 1 saturated heterocycles. The van der Waals surface area contributed by atoms with Gasteiger partial charge in [0.1, 0.15) is 11.9 Å². The largest absolute Gasteiger partial charge is 0.480 e. The maximum atomic E-state index is 11.2. The summed E-state index contributed by atoms with van der Waals surface area (Å²) in [6.07, 6.45) is 6.56. The Morgan fingerprint density at radius 2 is 2.41 bits per heavy atom. The number of nitrogens with zero attached hydrogens (tertiary/aromatic N) is 3. The van der Waals surface area contributed by atoms with Gasteiger partial charge < -0.3 is 9.67 Å². The van der Waals surface area contributed by atoms with Crippen molar-refractivity contribution in [3.63, 3.8) is 0 Å². The van der Waals surface area contributed by atoms with E-state index in [1.807, 2.05) is 11.1 Å². The van der Waals surface area contributed by atoms with Gasteiger partial charge in [0.25, 0.3) is 0 Å². The highest BCUT2D eigenvalue weighted by Gasteiger charge is 2.28. The predicted molar refractivity (Wildman–Crippen MR) is 63.6 cm³/mol. The molecule has 1 atom stereocenters. The Morgan fingerprint density at radius 1 is 1.59 bits per heavy atom. The molecule has 2 rings (SSSR count). The summed E-state index contributed by atoms with van der Waals surface area (Å²) in [6, 6.07) is -0.342. The van der Waals surface area contributed by atoms with E-state index in [0.717, 1.165) is 38.2 Å². The van der Waals surface area contributed by atoms with E-state index in [2.05, 4.69) is 16.5 Å². The number of piperidine rings is 1. The zero-order valence-corrected chi connectivity index (χ0v) is 10.2. The van der Waals surface area contributed by atoms with Gasteiger partial charge in [0, 0.05) is 18.9 Å². The van der Waals surface area contributed by atoms with Crippen molar-refractivity contribution in [3.05, 3.63) is 18.2 Å². The minimum absolute atomic E-state index is 0.342. The van der Waals surface area contributed by atoms with Gasteiger partial charge in [-0.25, -0.2) is 4.98 Å². The van der Waals surface area contributed by atoms with E-state index in [1.165, 1.54) is 0 Å². The Bertz CT molecular complexity index is 389. The summed E-state index contributed by atoms with van der Waals surface area (Å²) in [5.74, 6) is 0.250. The Morgan fingerprint density at radius 3 is 3.12 bits per heavy atom. The second-order valence-corrected chi connectivity index (χ2v) is 4.45. The molecule has 0 saturated carbocycles. The summed E-state index contributed by atoms with van der Waals surface area (Å²) in [5.41, 5.74) is 0. The van der Waals surface area contributed by atoms with Gasteiger partial charge in [-0.3, -0.25) is 9.69 Å². The van der Waals surface area contributed by atoms with Gasteiger partial charge in [-0.1, -0.05) is 6.42 Å². The average Bonchev–Trinajstić information content (AvgIpc) is 2.77. The molecule has 0 spiro atoms. The van der Waals surface area contributed by atoms with Gasteiger partial charge >= 0.3 is 5.97 Å². The molecule has 5 nitrogen and oxygen atoms in total. The summed E-state index contributed by atoms with van der Waals surface area (Å²) < 4.78 is 2.06. The SMILES string of the molecule is CCn1ccnc1CN1CCCCC1C(=O)O. The van der Waals surface area contributed by atoms with Crippen LogP contribution in [0.5, 0.6) is 0 Å². The number of carboxylic acids is 1. The van der Waals surface area contributed by atoms with Crippen molar-refractivity contribution in [2.45, 2.75) is 45.3 Å². The number of aromatic nitrogens is 2. The standard InChI is InChI=1S/C12H19N3O2/c1-2-14-8-6-13-11(14)9-15-7-4-3-5-10(15)12(16)17/h6,8,10H,2-5,7,9H2,1H3,(H,16,17). The fourth-order valence-corrected chi connectivity index (χ4v) is 2.42. The Hall–Kier alpha value is -1.36. The lowest BCUT2D eigenvalue weighted by Crippen LogP contribution is -2.44. The van der Waals surface area contributed by atoms with Crippen LogP contribution in [0.4, 0.5) is 0 Å². The molecule has 17 heavy (non-hydrogen) atoms. The lowest BCUT2D eigenvalue weighted by Gasteiger charge is -2.32. The number of aliphatic carboxylic acids is 1. The van der Waals surface area contributed by atoms with Gasteiger partial charge in [-0.2, -0.15) is 0 Å². The fourth-order valence-electron chi connectivity index (χ4n) is 2.42. The smallest absolute Gasteiger partial charge is 0.320 e. The van der Waals surface area contributed by atoms with Gasteiger partial charge in [-0.15, -0.1) is 0 Å². The first-order chi connectivity index (χ1) is 8.22. The number of carboxylic acid groups (broad SMARTS) is 1. The molecule has 1 aromatic rings. The Labute approximate surface area is 101 Å². The van der Waals surface area contributed by atoms with Crippen molar-refractivity contribution < 1.29 is 9.90 Å². The minimum atomic E-state index is -0.709. The average molecular weight is 237 g/mol. The summed E-state index contributed by atoms with van der Waals surface area (Å²) in [5, 5.41) is 9.19. The number of imidazole rings is 1. The molecule has 1 aromatic heterocycles. The number of aryl methyl sites for hydroxylation is 1. The first-order valence-corrected chi connectivity index (χ1v) is 6.19. The molecule has 0 aliphatic carbocycles. The Balaban J connectivity index is 2.08. The van der Waals surface area contributed by atoms with Crippen molar-refractivity contribution in [2.24, 2.45) is 0 Å². The summed E-state index contributed by atoms with van der Waals surface area (Å²) in [7, 11) is 0. The normalized spacial score (nSPS) is 21.6. The van der Waals surface area contributed by atoms with E-state index < -0.39 is 5.97 Å². The number of hydrogen-bond acceptors (Lipinski definition) is 3. The molecule has 2 heterocycles. The van der Waals surface area contributed by atoms with Crippen molar-refractivity contribution >= 4 is 5.97 Å². The third kappa shape index (κ3) is 2.66. The van der Waals surface area contributed by atoms with Crippen LogP contribution in [0.2, 0.25) is 0 Å². The van der Waals surface area contributed by atoms with E-state index in [-0.39, 0.29) is 6.04 Å². The molecule has 1 N–H and O–H groups in total. The van der Waals surface area contributed by atoms with Crippen molar-refractivity contribution in [1.29, 1.82) is 0 Å². The second-order valence-electron chi connectivity index (χ2n) is 4.45. The number of hydrogen-bond donors (Lipinski definition) is 1. The number of carbonyl (C=O) groups is 1. The van der Waals surface area contributed by atoms with Crippen LogP contribution in [0.25, 0.3) is 0 Å². The predicted octanol–water partition coefficient (Wildman–Crippen LogP) is 1.34. The molecule has 1 fully saturated rings. The lowest BCUT2D eigenvalue weighted by atomic mass is 10.0. The maximum absolute atomic E-state index is 11.2. The van der Waals surface area contributed by atoms with Crippen molar-refractivity contribution in [3.8, 4) is 0 Å². The fraction of sp³-hybridized carbons (Fsp3) is 0.667. The first kappa shape index (κ1) is 12.1. The molecule has 1 unspecified atom stereocenters. The summed E-state index contributed by atoms with van der Waals surface area (Å²) in [4.78, 5) is 17.5. The topological polar surface area (TPSA) is 58.4 Å². The van der Waals surface area contributed by atoms with Crippen LogP contribution in [-0.2, 0) is 17.9 Å². The van der Waals surface area contributed by atoms with Crippen LogP contribution in [-0.4, -0.2) is 38.1 Å². The molecule has 1 aliphatic rings. The highest BCUT2D eigenvalue weighted by atomic mass is 16.4. The summed E-state index contributed by atoms with van der Waals surface area (Å²) in [6.45, 7) is 4.43. The highest BCUT2D eigenvalue weighted by Crippen LogP contribution is 2.19. The van der Waals surface area contributed by atoms with Gasteiger partial charge in [0.2, 0.25) is 0 Å². The van der Waals surface area contributed by atoms with Crippen LogP contribution in [0, 0.1) is 0 Å². The van der Waals surface area contributed by atoms with Crippen LogP contribution in [0.1, 0.15) is 32.0 Å². The summed E-state index contributed by atoms with van der Waals surface area (Å²) >= 11 is 0.